The van der Waals surface area contributed by atoms with Crippen LogP contribution in [0.15, 0.2) is 41.3 Å². The van der Waals surface area contributed by atoms with E-state index in [-0.39, 0.29) is 16.4 Å². The first-order chi connectivity index (χ1) is 13.0. The number of ether oxygens (including phenoxy) is 2. The van der Waals surface area contributed by atoms with Gasteiger partial charge in [0.15, 0.2) is 0 Å². The molecule has 1 heterocycles. The fourth-order valence-electron chi connectivity index (χ4n) is 3.24. The van der Waals surface area contributed by atoms with Crippen LogP contribution in [0.1, 0.15) is 16.7 Å². The largest absolute Gasteiger partial charge is 0.573 e. The lowest BCUT2D eigenvalue weighted by molar-refractivity contribution is -0.274. The second-order valence-electron chi connectivity index (χ2n) is 6.47. The molecule has 0 radical (unpaired) electrons. The molecule has 2 aromatic carbocycles. The first-order valence-electron chi connectivity index (χ1n) is 8.35. The fourth-order valence-corrected chi connectivity index (χ4v) is 3.97. The van der Waals surface area contributed by atoms with Crippen LogP contribution >= 0.6 is 0 Å². The molecule has 0 atom stereocenters. The minimum absolute atomic E-state index is 0.0563. The molecular formula is C18H19F3N2O4S. The van der Waals surface area contributed by atoms with Crippen molar-refractivity contribution < 1.29 is 31.1 Å². The van der Waals surface area contributed by atoms with E-state index in [4.69, 9.17) is 9.88 Å². The first kappa shape index (κ1) is 20.4. The van der Waals surface area contributed by atoms with Gasteiger partial charge in [0.05, 0.1) is 7.11 Å². The lowest BCUT2D eigenvalue weighted by Crippen LogP contribution is -2.30. The van der Waals surface area contributed by atoms with Crippen molar-refractivity contribution in [2.24, 2.45) is 5.14 Å². The Morgan fingerprint density at radius 2 is 1.93 bits per heavy atom. The van der Waals surface area contributed by atoms with Crippen molar-refractivity contribution in [3.63, 3.8) is 0 Å². The van der Waals surface area contributed by atoms with Gasteiger partial charge in [-0.15, -0.1) is 13.2 Å². The van der Waals surface area contributed by atoms with E-state index in [0.717, 1.165) is 11.1 Å². The molecule has 6 nitrogen and oxygen atoms in total. The van der Waals surface area contributed by atoms with E-state index in [1.54, 1.807) is 12.1 Å². The van der Waals surface area contributed by atoms with Gasteiger partial charge in [0.2, 0.25) is 10.0 Å². The van der Waals surface area contributed by atoms with Crippen LogP contribution in [-0.2, 0) is 29.5 Å². The number of benzene rings is 2. The highest BCUT2D eigenvalue weighted by molar-refractivity contribution is 7.89. The highest BCUT2D eigenvalue weighted by Gasteiger charge is 2.31. The van der Waals surface area contributed by atoms with Crippen LogP contribution in [-0.4, -0.2) is 33.3 Å². The normalized spacial score (nSPS) is 15.2. The standard InChI is InChI=1S/C18H19F3N2O4S/c1-26-16-8-14-11-23(6-5-13(14)9-17(16)28(22,24)25)10-12-3-2-4-15(7-12)27-18(19,20)21/h2-4,7-9H,5-6,10-11H2,1H3,(H2,22,24,25). The molecule has 0 unspecified atom stereocenters. The van der Waals surface area contributed by atoms with Crippen molar-refractivity contribution in [3.8, 4) is 11.5 Å². The zero-order chi connectivity index (χ0) is 20.5. The summed E-state index contributed by atoms with van der Waals surface area (Å²) in [6, 6.07) is 9.01. The molecule has 3 rings (SSSR count). The Labute approximate surface area is 160 Å². The van der Waals surface area contributed by atoms with Crippen LogP contribution in [0.2, 0.25) is 0 Å². The van der Waals surface area contributed by atoms with Gasteiger partial charge >= 0.3 is 6.36 Å². The highest BCUT2D eigenvalue weighted by Crippen LogP contribution is 2.31. The maximum absolute atomic E-state index is 12.4. The van der Waals surface area contributed by atoms with Gasteiger partial charge < -0.3 is 9.47 Å². The molecular weight excluding hydrogens is 397 g/mol. The third-order valence-corrected chi connectivity index (χ3v) is 5.35. The van der Waals surface area contributed by atoms with Gasteiger partial charge in [-0.05, 0) is 47.4 Å². The van der Waals surface area contributed by atoms with Gasteiger partial charge in [-0.2, -0.15) is 0 Å². The molecule has 2 N–H and O–H groups in total. The number of hydrogen-bond acceptors (Lipinski definition) is 5. The highest BCUT2D eigenvalue weighted by atomic mass is 32.2. The Kier molecular flexibility index (Phi) is 5.55. The van der Waals surface area contributed by atoms with Gasteiger partial charge in [-0.25, -0.2) is 13.6 Å². The number of methoxy groups -OCH3 is 1. The van der Waals surface area contributed by atoms with Crippen molar-refractivity contribution in [2.75, 3.05) is 13.7 Å². The summed E-state index contributed by atoms with van der Waals surface area (Å²) in [6.45, 7) is 1.54. The predicted molar refractivity (Wildman–Crippen MR) is 95.3 cm³/mol. The van der Waals surface area contributed by atoms with E-state index >= 15 is 0 Å². The Bertz CT molecular complexity index is 977. The zero-order valence-corrected chi connectivity index (χ0v) is 15.8. The molecule has 0 fully saturated rings. The van der Waals surface area contributed by atoms with E-state index in [2.05, 4.69) is 4.74 Å². The first-order valence-corrected chi connectivity index (χ1v) is 9.89. The van der Waals surface area contributed by atoms with E-state index in [9.17, 15) is 21.6 Å². The number of fused-ring (bicyclic) bond motifs is 1. The number of sulfonamides is 1. The topological polar surface area (TPSA) is 81.9 Å². The quantitative estimate of drug-likeness (QED) is 0.811. The van der Waals surface area contributed by atoms with E-state index < -0.39 is 16.4 Å². The lowest BCUT2D eigenvalue weighted by Gasteiger charge is -2.29. The molecule has 0 saturated carbocycles. The molecule has 152 valence electrons. The summed E-state index contributed by atoms with van der Waals surface area (Å²) in [7, 11) is -2.54. The number of halogens is 3. The van der Waals surface area contributed by atoms with Crippen LogP contribution in [0.4, 0.5) is 13.2 Å². The zero-order valence-electron chi connectivity index (χ0n) is 15.0. The van der Waals surface area contributed by atoms with Crippen molar-refractivity contribution in [1.29, 1.82) is 0 Å². The molecule has 0 saturated heterocycles. The summed E-state index contributed by atoms with van der Waals surface area (Å²) >= 11 is 0. The van der Waals surface area contributed by atoms with Crippen molar-refractivity contribution >= 4 is 10.0 Å². The third-order valence-electron chi connectivity index (χ3n) is 4.42. The number of primary sulfonamides is 1. The summed E-state index contributed by atoms with van der Waals surface area (Å²) in [5.74, 6) is -0.0921. The molecule has 2 aromatic rings. The molecule has 10 heteroatoms. The molecule has 1 aliphatic heterocycles. The number of nitrogens with zero attached hydrogens (tertiary/aromatic N) is 1. The summed E-state index contributed by atoms with van der Waals surface area (Å²) < 4.78 is 69.7. The predicted octanol–water partition coefficient (Wildman–Crippen LogP) is 2.80. The summed E-state index contributed by atoms with van der Waals surface area (Å²) in [5, 5.41) is 5.24. The lowest BCUT2D eigenvalue weighted by atomic mass is 9.99. The Morgan fingerprint density at radius 3 is 2.57 bits per heavy atom. The van der Waals surface area contributed by atoms with E-state index in [0.29, 0.717) is 31.6 Å². The van der Waals surface area contributed by atoms with E-state index in [1.165, 1.54) is 31.4 Å². The molecule has 0 amide bonds. The maximum atomic E-state index is 12.4. The van der Waals surface area contributed by atoms with Crippen molar-refractivity contribution in [2.45, 2.75) is 30.8 Å². The van der Waals surface area contributed by atoms with E-state index in [1.807, 2.05) is 4.90 Å². The Balaban J connectivity index is 1.78. The summed E-state index contributed by atoms with van der Waals surface area (Å²) in [6.07, 6.45) is -4.15. The van der Waals surface area contributed by atoms with Crippen molar-refractivity contribution in [1.82, 2.24) is 4.90 Å². The van der Waals surface area contributed by atoms with Crippen LogP contribution in [0.25, 0.3) is 0 Å². The number of nitrogens with two attached hydrogens (primary N) is 1. The molecule has 0 aromatic heterocycles. The average molecular weight is 416 g/mol. The molecule has 1 aliphatic rings. The number of alkyl halides is 3. The second-order valence-corrected chi connectivity index (χ2v) is 8.00. The summed E-state index contributed by atoms with van der Waals surface area (Å²) in [5.41, 5.74) is 2.42. The number of rotatable bonds is 5. The molecule has 0 spiro atoms. The molecule has 0 aliphatic carbocycles. The Morgan fingerprint density at radius 1 is 1.18 bits per heavy atom. The average Bonchev–Trinajstić information content (AvgIpc) is 2.58. The van der Waals surface area contributed by atoms with Gasteiger partial charge in [-0.1, -0.05) is 12.1 Å². The fraction of sp³-hybridized carbons (Fsp3) is 0.333. The maximum Gasteiger partial charge on any atom is 0.573 e. The van der Waals surface area contributed by atoms with Crippen molar-refractivity contribution in [3.05, 3.63) is 53.1 Å². The van der Waals surface area contributed by atoms with Crippen LogP contribution in [0.3, 0.4) is 0 Å². The van der Waals surface area contributed by atoms with Gasteiger partial charge in [0, 0.05) is 19.6 Å². The van der Waals surface area contributed by atoms with Gasteiger partial charge in [0.25, 0.3) is 0 Å². The monoisotopic (exact) mass is 416 g/mol. The minimum atomic E-state index is -4.74. The SMILES string of the molecule is COc1cc2c(cc1S(N)(=O)=O)CCN(Cc1cccc(OC(F)(F)F)c1)C2. The summed E-state index contributed by atoms with van der Waals surface area (Å²) in [4.78, 5) is 1.99. The molecule has 0 bridgehead atoms. The van der Waals surface area contributed by atoms with Crippen LogP contribution < -0.4 is 14.6 Å². The van der Waals surface area contributed by atoms with Crippen LogP contribution in [0.5, 0.6) is 11.5 Å². The third kappa shape index (κ3) is 4.94. The minimum Gasteiger partial charge on any atom is -0.495 e. The number of hydrogen-bond donors (Lipinski definition) is 1. The Hall–Kier alpha value is -2.30. The molecule has 28 heavy (non-hydrogen) atoms. The second kappa shape index (κ2) is 7.61. The smallest absolute Gasteiger partial charge is 0.495 e. The van der Waals surface area contributed by atoms with Crippen LogP contribution in [0, 0.1) is 0 Å². The van der Waals surface area contributed by atoms with Gasteiger partial charge in [-0.3, -0.25) is 4.90 Å². The van der Waals surface area contributed by atoms with Gasteiger partial charge in [0.1, 0.15) is 16.4 Å².